The van der Waals surface area contributed by atoms with Gasteiger partial charge in [-0.25, -0.2) is 0 Å². The Hall–Kier alpha value is -1.36. The highest BCUT2D eigenvalue weighted by atomic mass is 16.5. The third kappa shape index (κ3) is 6.68. The van der Waals surface area contributed by atoms with E-state index < -0.39 is 0 Å². The number of hydrogen-bond donors (Lipinski definition) is 1. The lowest BCUT2D eigenvalue weighted by Crippen LogP contribution is -2.21. The van der Waals surface area contributed by atoms with Crippen LogP contribution in [0.25, 0.3) is 0 Å². The molecular weight excluding hydrogens is 194 g/mol. The van der Waals surface area contributed by atoms with E-state index in [9.17, 15) is 4.79 Å². The summed E-state index contributed by atoms with van der Waals surface area (Å²) in [5.74, 6) is 0.390. The summed E-state index contributed by atoms with van der Waals surface area (Å²) in [7, 11) is 3.24. The van der Waals surface area contributed by atoms with E-state index in [0.29, 0.717) is 12.4 Å². The predicted octanol–water partition coefficient (Wildman–Crippen LogP) is 0.370. The van der Waals surface area contributed by atoms with Crippen molar-refractivity contribution in [3.05, 3.63) is 12.3 Å². The van der Waals surface area contributed by atoms with Crippen molar-refractivity contribution in [1.82, 2.24) is 4.90 Å². The van der Waals surface area contributed by atoms with Crippen molar-refractivity contribution in [1.29, 1.82) is 0 Å². The van der Waals surface area contributed by atoms with Gasteiger partial charge in [0.15, 0.2) is 0 Å². The molecule has 0 fully saturated rings. The number of carbonyl (C=O) groups is 1. The van der Waals surface area contributed by atoms with Gasteiger partial charge in [0.2, 0.25) is 6.41 Å². The summed E-state index contributed by atoms with van der Waals surface area (Å²) in [6.45, 7) is 2.56. The van der Waals surface area contributed by atoms with Gasteiger partial charge in [0.1, 0.15) is 5.84 Å². The first-order valence-corrected chi connectivity index (χ1v) is 4.78. The standard InChI is InChI=1S/C10H19N3O2/c1-9(15-3)4-6-13(8-14)7-5-10(11)12-2/h5,7-9H,4,6H2,1-3H3,(H2,11,12)/b7-5-. The van der Waals surface area contributed by atoms with E-state index in [4.69, 9.17) is 10.5 Å². The van der Waals surface area contributed by atoms with Crippen molar-refractivity contribution in [3.8, 4) is 0 Å². The molecule has 1 amide bonds. The van der Waals surface area contributed by atoms with Crippen molar-refractivity contribution in [2.24, 2.45) is 10.7 Å². The molecule has 0 aliphatic carbocycles. The molecule has 0 aromatic heterocycles. The SMILES string of the molecule is CN=C(N)/C=C\N(C=O)CCC(C)OC. The normalized spacial score (nSPS) is 14.2. The largest absolute Gasteiger partial charge is 0.384 e. The van der Waals surface area contributed by atoms with Crippen LogP contribution in [0.1, 0.15) is 13.3 Å². The first kappa shape index (κ1) is 13.6. The van der Waals surface area contributed by atoms with E-state index in [1.165, 1.54) is 4.90 Å². The first-order chi connectivity index (χ1) is 7.13. The molecule has 1 unspecified atom stereocenters. The molecule has 0 aliphatic rings. The van der Waals surface area contributed by atoms with E-state index in [0.717, 1.165) is 12.8 Å². The van der Waals surface area contributed by atoms with Crippen molar-refractivity contribution < 1.29 is 9.53 Å². The van der Waals surface area contributed by atoms with Crippen LogP contribution in [0.2, 0.25) is 0 Å². The fraction of sp³-hybridized carbons (Fsp3) is 0.600. The van der Waals surface area contributed by atoms with Crippen LogP contribution in [-0.2, 0) is 9.53 Å². The van der Waals surface area contributed by atoms with Gasteiger partial charge in [0.05, 0.1) is 6.10 Å². The smallest absolute Gasteiger partial charge is 0.213 e. The summed E-state index contributed by atoms with van der Waals surface area (Å²) in [6.07, 6.45) is 4.87. The highest BCUT2D eigenvalue weighted by Gasteiger charge is 2.02. The van der Waals surface area contributed by atoms with E-state index in [2.05, 4.69) is 4.99 Å². The highest BCUT2D eigenvalue weighted by molar-refractivity contribution is 5.91. The molecule has 5 nitrogen and oxygen atoms in total. The predicted molar refractivity (Wildman–Crippen MR) is 60.5 cm³/mol. The fourth-order valence-corrected chi connectivity index (χ4v) is 0.858. The van der Waals surface area contributed by atoms with Gasteiger partial charge in [-0.3, -0.25) is 9.79 Å². The molecule has 0 radical (unpaired) electrons. The maximum Gasteiger partial charge on any atom is 0.213 e. The van der Waals surface area contributed by atoms with Crippen LogP contribution in [0.15, 0.2) is 17.3 Å². The van der Waals surface area contributed by atoms with Crippen LogP contribution in [0.4, 0.5) is 0 Å². The molecule has 0 rings (SSSR count). The minimum absolute atomic E-state index is 0.137. The Morgan fingerprint density at radius 2 is 2.33 bits per heavy atom. The molecule has 0 bridgehead atoms. The Morgan fingerprint density at radius 3 is 2.80 bits per heavy atom. The number of nitrogens with zero attached hydrogens (tertiary/aromatic N) is 2. The zero-order valence-electron chi connectivity index (χ0n) is 9.51. The Morgan fingerprint density at radius 1 is 1.67 bits per heavy atom. The fourth-order valence-electron chi connectivity index (χ4n) is 0.858. The van der Waals surface area contributed by atoms with Crippen LogP contribution >= 0.6 is 0 Å². The number of aliphatic imine (C=N–C) groups is 1. The molecule has 0 spiro atoms. The minimum atomic E-state index is 0.137. The van der Waals surface area contributed by atoms with Gasteiger partial charge >= 0.3 is 0 Å². The Kier molecular flexibility index (Phi) is 7.27. The van der Waals surface area contributed by atoms with Crippen LogP contribution in [0.5, 0.6) is 0 Å². The zero-order valence-corrected chi connectivity index (χ0v) is 9.51. The minimum Gasteiger partial charge on any atom is -0.384 e. The summed E-state index contributed by atoms with van der Waals surface area (Å²) >= 11 is 0. The summed E-state index contributed by atoms with van der Waals surface area (Å²) < 4.78 is 5.08. The number of rotatable bonds is 7. The highest BCUT2D eigenvalue weighted by Crippen LogP contribution is 1.97. The van der Waals surface area contributed by atoms with Crippen LogP contribution in [-0.4, -0.2) is 44.0 Å². The van der Waals surface area contributed by atoms with Crippen LogP contribution in [0, 0.1) is 0 Å². The second kappa shape index (κ2) is 7.99. The Labute approximate surface area is 90.6 Å². The van der Waals surface area contributed by atoms with Crippen molar-refractivity contribution in [3.63, 3.8) is 0 Å². The third-order valence-corrected chi connectivity index (χ3v) is 2.03. The molecule has 0 heterocycles. The van der Waals surface area contributed by atoms with E-state index in [1.807, 2.05) is 6.92 Å². The second-order valence-electron chi connectivity index (χ2n) is 3.14. The molecule has 0 aromatic carbocycles. The molecule has 0 saturated heterocycles. The van der Waals surface area contributed by atoms with Crippen molar-refractivity contribution in [2.75, 3.05) is 20.7 Å². The number of amidine groups is 1. The monoisotopic (exact) mass is 213 g/mol. The molecule has 15 heavy (non-hydrogen) atoms. The van der Waals surface area contributed by atoms with Crippen molar-refractivity contribution in [2.45, 2.75) is 19.4 Å². The molecule has 1 atom stereocenters. The summed E-state index contributed by atoms with van der Waals surface area (Å²) in [6, 6.07) is 0. The van der Waals surface area contributed by atoms with Gasteiger partial charge < -0.3 is 15.4 Å². The maximum absolute atomic E-state index is 10.7. The van der Waals surface area contributed by atoms with E-state index in [1.54, 1.807) is 26.4 Å². The molecule has 0 aliphatic heterocycles. The van der Waals surface area contributed by atoms with Gasteiger partial charge in [-0.1, -0.05) is 0 Å². The Bertz CT molecular complexity index is 239. The third-order valence-electron chi connectivity index (χ3n) is 2.03. The molecule has 0 aromatic rings. The molecular formula is C10H19N3O2. The summed E-state index contributed by atoms with van der Waals surface area (Å²) in [5.41, 5.74) is 5.45. The topological polar surface area (TPSA) is 67.9 Å². The maximum atomic E-state index is 10.7. The molecule has 0 saturated carbocycles. The van der Waals surface area contributed by atoms with Gasteiger partial charge in [-0.2, -0.15) is 0 Å². The molecule has 2 N–H and O–H groups in total. The average molecular weight is 213 g/mol. The van der Waals surface area contributed by atoms with Crippen molar-refractivity contribution >= 4 is 12.2 Å². The molecule has 86 valence electrons. The number of amides is 1. The van der Waals surface area contributed by atoms with Crippen LogP contribution < -0.4 is 5.73 Å². The quantitative estimate of drug-likeness (QED) is 0.377. The Balaban J connectivity index is 4.03. The summed E-state index contributed by atoms with van der Waals surface area (Å²) in [4.78, 5) is 15.9. The van der Waals surface area contributed by atoms with E-state index in [-0.39, 0.29) is 6.10 Å². The number of hydrogen-bond acceptors (Lipinski definition) is 3. The van der Waals surface area contributed by atoms with Gasteiger partial charge in [0.25, 0.3) is 0 Å². The average Bonchev–Trinajstić information content (AvgIpc) is 2.28. The number of carbonyl (C=O) groups excluding carboxylic acids is 1. The summed E-state index contributed by atoms with van der Waals surface area (Å²) in [5, 5.41) is 0. The number of nitrogens with two attached hydrogens (primary N) is 1. The molecule has 5 heteroatoms. The zero-order chi connectivity index (χ0) is 11.7. The first-order valence-electron chi connectivity index (χ1n) is 4.78. The number of ether oxygens (including phenoxy) is 1. The van der Waals surface area contributed by atoms with Gasteiger partial charge in [0, 0.05) is 26.9 Å². The van der Waals surface area contributed by atoms with Gasteiger partial charge in [-0.15, -0.1) is 0 Å². The number of methoxy groups -OCH3 is 1. The lowest BCUT2D eigenvalue weighted by atomic mass is 10.3. The second-order valence-corrected chi connectivity index (χ2v) is 3.14. The van der Waals surface area contributed by atoms with Gasteiger partial charge in [-0.05, 0) is 19.4 Å². The van der Waals surface area contributed by atoms with Crippen LogP contribution in [0.3, 0.4) is 0 Å². The van der Waals surface area contributed by atoms with E-state index >= 15 is 0 Å². The lowest BCUT2D eigenvalue weighted by molar-refractivity contribution is -0.116. The lowest BCUT2D eigenvalue weighted by Gasteiger charge is -2.15.